The fourth-order valence-electron chi connectivity index (χ4n) is 2.83. The van der Waals surface area contributed by atoms with Crippen molar-refractivity contribution in [1.82, 2.24) is 4.90 Å². The van der Waals surface area contributed by atoms with Gasteiger partial charge in [-0.15, -0.1) is 0 Å². The van der Waals surface area contributed by atoms with Gasteiger partial charge in [-0.25, -0.2) is 9.59 Å². The molecule has 8 nitrogen and oxygen atoms in total. The summed E-state index contributed by atoms with van der Waals surface area (Å²) in [5.41, 5.74) is -1.20. The van der Waals surface area contributed by atoms with Gasteiger partial charge in [-0.3, -0.25) is 15.0 Å². The zero-order valence-corrected chi connectivity index (χ0v) is 16.1. The van der Waals surface area contributed by atoms with Crippen molar-refractivity contribution in [1.29, 1.82) is 0 Å². The van der Waals surface area contributed by atoms with Gasteiger partial charge in [0, 0.05) is 31.5 Å². The van der Waals surface area contributed by atoms with E-state index in [9.17, 15) is 32.9 Å². The molecule has 2 atom stereocenters. The number of ether oxygens (including phenoxy) is 2. The van der Waals surface area contributed by atoms with Crippen molar-refractivity contribution in [2.75, 3.05) is 6.54 Å². The highest BCUT2D eigenvalue weighted by Gasteiger charge is 2.50. The van der Waals surface area contributed by atoms with Crippen LogP contribution in [0.25, 0.3) is 0 Å². The molecule has 1 saturated heterocycles. The van der Waals surface area contributed by atoms with Crippen molar-refractivity contribution in [2.45, 2.75) is 57.5 Å². The zero-order chi connectivity index (χ0) is 22.0. The van der Waals surface area contributed by atoms with Crippen LogP contribution in [-0.4, -0.2) is 52.4 Å². The minimum atomic E-state index is -4.73. The summed E-state index contributed by atoms with van der Waals surface area (Å²) in [4.78, 5) is 34.9. The van der Waals surface area contributed by atoms with Crippen LogP contribution in [0.3, 0.4) is 0 Å². The van der Waals surface area contributed by atoms with E-state index in [1.165, 1.54) is 0 Å². The number of hydrogen-bond acceptors (Lipinski definition) is 6. The maximum Gasteiger partial charge on any atom is 0.410 e. The number of nitrogens with zero attached hydrogens (tertiary/aromatic N) is 2. The van der Waals surface area contributed by atoms with E-state index < -0.39 is 47.3 Å². The lowest BCUT2D eigenvalue weighted by Crippen LogP contribution is -2.55. The molecule has 1 aromatic carbocycles. The van der Waals surface area contributed by atoms with Crippen molar-refractivity contribution in [3.8, 4) is 0 Å². The Hall–Kier alpha value is -2.85. The predicted molar refractivity (Wildman–Crippen MR) is 94.3 cm³/mol. The maximum absolute atomic E-state index is 13.5. The van der Waals surface area contributed by atoms with Crippen molar-refractivity contribution in [2.24, 2.45) is 0 Å². The van der Waals surface area contributed by atoms with Crippen molar-refractivity contribution in [3.63, 3.8) is 0 Å². The third-order valence-electron chi connectivity index (χ3n) is 4.15. The van der Waals surface area contributed by atoms with Gasteiger partial charge in [-0.1, -0.05) is 0 Å². The van der Waals surface area contributed by atoms with E-state index in [-0.39, 0.29) is 24.2 Å². The van der Waals surface area contributed by atoms with Crippen LogP contribution in [-0.2, 0) is 9.47 Å². The van der Waals surface area contributed by atoms with E-state index in [2.05, 4.69) is 0 Å². The molecule has 0 bridgehead atoms. The second-order valence-corrected chi connectivity index (χ2v) is 7.59. The molecule has 2 rings (SSSR count). The monoisotopic (exact) mass is 418 g/mol. The van der Waals surface area contributed by atoms with E-state index in [0.717, 1.165) is 24.3 Å². The number of piperidine rings is 1. The van der Waals surface area contributed by atoms with Crippen LogP contribution < -0.4 is 0 Å². The summed E-state index contributed by atoms with van der Waals surface area (Å²) in [6, 6.07) is 2.37. The van der Waals surface area contributed by atoms with Crippen LogP contribution in [0, 0.1) is 10.1 Å². The van der Waals surface area contributed by atoms with Gasteiger partial charge in [0.15, 0.2) is 0 Å². The summed E-state index contributed by atoms with van der Waals surface area (Å²) in [6.07, 6.45) is -7.50. The number of likely N-dealkylation sites (tertiary alicyclic amines) is 1. The third-order valence-corrected chi connectivity index (χ3v) is 4.15. The van der Waals surface area contributed by atoms with Gasteiger partial charge in [0.1, 0.15) is 17.7 Å². The van der Waals surface area contributed by atoms with Gasteiger partial charge in [0.2, 0.25) is 0 Å². The first kappa shape index (κ1) is 22.4. The SMILES string of the molecule is CC(C)(C)OC(=O)N1CCC(OC(=O)c2ccc([N+](=O)[O-])cc2)CC1C(F)(F)F. The minimum absolute atomic E-state index is 0.00451. The number of esters is 1. The predicted octanol–water partition coefficient (Wildman–Crippen LogP) is 4.08. The number of hydrogen-bond donors (Lipinski definition) is 0. The van der Waals surface area contributed by atoms with E-state index in [1.54, 1.807) is 20.8 Å². The molecule has 0 aliphatic carbocycles. The van der Waals surface area contributed by atoms with Crippen LogP contribution in [0.4, 0.5) is 23.7 Å². The fourth-order valence-corrected chi connectivity index (χ4v) is 2.83. The summed E-state index contributed by atoms with van der Waals surface area (Å²) in [5, 5.41) is 10.6. The summed E-state index contributed by atoms with van der Waals surface area (Å²) >= 11 is 0. The molecule has 2 unspecified atom stereocenters. The Bertz CT molecular complexity index is 773. The van der Waals surface area contributed by atoms with E-state index >= 15 is 0 Å². The molecule has 1 aromatic rings. The molecule has 0 N–H and O–H groups in total. The number of non-ortho nitro benzene ring substituents is 1. The summed E-state index contributed by atoms with van der Waals surface area (Å²) in [6.45, 7) is 4.35. The molecular formula is C18H21F3N2O6. The van der Waals surface area contributed by atoms with Gasteiger partial charge in [-0.05, 0) is 32.9 Å². The topological polar surface area (TPSA) is 99.0 Å². The van der Waals surface area contributed by atoms with Crippen molar-refractivity contribution >= 4 is 17.7 Å². The van der Waals surface area contributed by atoms with Crippen LogP contribution in [0.1, 0.15) is 44.0 Å². The molecule has 1 fully saturated rings. The van der Waals surface area contributed by atoms with Crippen molar-refractivity contribution in [3.05, 3.63) is 39.9 Å². The fraction of sp³-hybridized carbons (Fsp3) is 0.556. The number of carbonyl (C=O) groups excluding carboxylic acids is 2. The second-order valence-electron chi connectivity index (χ2n) is 7.59. The smallest absolute Gasteiger partial charge is 0.410 e. The number of carbonyl (C=O) groups is 2. The van der Waals surface area contributed by atoms with Gasteiger partial charge in [0.25, 0.3) is 5.69 Å². The Kier molecular flexibility index (Phi) is 6.39. The second kappa shape index (κ2) is 8.26. The average Bonchev–Trinajstić information content (AvgIpc) is 2.59. The maximum atomic E-state index is 13.5. The Labute approximate surface area is 164 Å². The first-order chi connectivity index (χ1) is 13.3. The number of benzene rings is 1. The van der Waals surface area contributed by atoms with E-state index in [1.807, 2.05) is 0 Å². The Morgan fingerprint density at radius 3 is 2.24 bits per heavy atom. The molecule has 29 heavy (non-hydrogen) atoms. The lowest BCUT2D eigenvalue weighted by atomic mass is 9.99. The number of alkyl halides is 3. The Morgan fingerprint density at radius 2 is 1.76 bits per heavy atom. The van der Waals surface area contributed by atoms with Gasteiger partial charge < -0.3 is 9.47 Å². The summed E-state index contributed by atoms with van der Waals surface area (Å²) in [5.74, 6) is -0.892. The first-order valence-electron chi connectivity index (χ1n) is 8.79. The van der Waals surface area contributed by atoms with Crippen LogP contribution in [0.2, 0.25) is 0 Å². The molecule has 0 spiro atoms. The number of amides is 1. The van der Waals surface area contributed by atoms with Gasteiger partial charge in [0.05, 0.1) is 10.5 Å². The normalized spacial score (nSPS) is 20.1. The molecule has 1 aliphatic heterocycles. The first-order valence-corrected chi connectivity index (χ1v) is 8.79. The van der Waals surface area contributed by atoms with Crippen molar-refractivity contribution < 1.29 is 37.2 Å². The molecule has 0 aromatic heterocycles. The molecule has 160 valence electrons. The van der Waals surface area contributed by atoms with E-state index in [4.69, 9.17) is 9.47 Å². The zero-order valence-electron chi connectivity index (χ0n) is 16.1. The number of halogens is 3. The third kappa shape index (κ3) is 6.06. The Morgan fingerprint density at radius 1 is 1.17 bits per heavy atom. The molecule has 11 heteroatoms. The largest absolute Gasteiger partial charge is 0.459 e. The lowest BCUT2D eigenvalue weighted by molar-refractivity contribution is -0.384. The minimum Gasteiger partial charge on any atom is -0.459 e. The van der Waals surface area contributed by atoms with Crippen LogP contribution in [0.5, 0.6) is 0 Å². The Balaban J connectivity index is 2.08. The summed E-state index contributed by atoms with van der Waals surface area (Å²) < 4.78 is 50.6. The average molecular weight is 418 g/mol. The van der Waals surface area contributed by atoms with Crippen LogP contribution >= 0.6 is 0 Å². The number of nitro groups is 1. The quantitative estimate of drug-likeness (QED) is 0.417. The van der Waals surface area contributed by atoms with Crippen LogP contribution in [0.15, 0.2) is 24.3 Å². The molecule has 0 radical (unpaired) electrons. The standard InChI is InChI=1S/C18H21F3N2O6/c1-17(2,3)29-16(25)22-9-8-13(10-14(22)18(19,20)21)28-15(24)11-4-6-12(7-5-11)23(26)27/h4-7,13-14H,8-10H2,1-3H3. The highest BCUT2D eigenvalue weighted by atomic mass is 19.4. The molecule has 1 aliphatic rings. The molecule has 1 heterocycles. The molecular weight excluding hydrogens is 397 g/mol. The van der Waals surface area contributed by atoms with Gasteiger partial charge in [-0.2, -0.15) is 13.2 Å². The number of rotatable bonds is 3. The highest BCUT2D eigenvalue weighted by molar-refractivity contribution is 5.89. The molecule has 1 amide bonds. The van der Waals surface area contributed by atoms with Gasteiger partial charge >= 0.3 is 18.2 Å². The summed E-state index contributed by atoms with van der Waals surface area (Å²) in [7, 11) is 0. The van der Waals surface area contributed by atoms with E-state index in [0.29, 0.717) is 4.90 Å². The highest BCUT2D eigenvalue weighted by Crippen LogP contribution is 2.34. The number of nitro benzene ring substituents is 1. The lowest BCUT2D eigenvalue weighted by Gasteiger charge is -2.40. The molecule has 0 saturated carbocycles.